The SMILES string of the molecule is CCCn1cc(CC(C)C(=O)O)cn1. The summed E-state index contributed by atoms with van der Waals surface area (Å²) >= 11 is 0. The van der Waals surface area contributed by atoms with Gasteiger partial charge in [-0.05, 0) is 18.4 Å². The second-order valence-corrected chi connectivity index (χ2v) is 3.56. The number of carbonyl (C=O) groups is 1. The molecule has 1 rings (SSSR count). The normalized spacial score (nSPS) is 12.7. The van der Waals surface area contributed by atoms with Crippen molar-refractivity contribution in [1.82, 2.24) is 9.78 Å². The van der Waals surface area contributed by atoms with Crippen molar-refractivity contribution in [2.45, 2.75) is 33.2 Å². The minimum Gasteiger partial charge on any atom is -0.481 e. The van der Waals surface area contributed by atoms with Gasteiger partial charge in [-0.25, -0.2) is 0 Å². The van der Waals surface area contributed by atoms with Crippen molar-refractivity contribution in [1.29, 1.82) is 0 Å². The maximum absolute atomic E-state index is 10.6. The third-order valence-corrected chi connectivity index (χ3v) is 2.10. The van der Waals surface area contributed by atoms with Gasteiger partial charge in [0.15, 0.2) is 0 Å². The van der Waals surface area contributed by atoms with E-state index in [1.54, 1.807) is 13.1 Å². The largest absolute Gasteiger partial charge is 0.481 e. The zero-order valence-electron chi connectivity index (χ0n) is 8.60. The van der Waals surface area contributed by atoms with E-state index in [0.29, 0.717) is 6.42 Å². The lowest BCUT2D eigenvalue weighted by Crippen LogP contribution is -2.11. The summed E-state index contributed by atoms with van der Waals surface area (Å²) in [4.78, 5) is 10.6. The summed E-state index contributed by atoms with van der Waals surface area (Å²) in [5.41, 5.74) is 0.994. The fourth-order valence-corrected chi connectivity index (χ4v) is 1.30. The first-order valence-electron chi connectivity index (χ1n) is 4.87. The molecule has 0 saturated carbocycles. The van der Waals surface area contributed by atoms with Crippen molar-refractivity contribution < 1.29 is 9.90 Å². The number of aromatic nitrogens is 2. The van der Waals surface area contributed by atoms with Crippen LogP contribution < -0.4 is 0 Å². The van der Waals surface area contributed by atoms with Crippen LogP contribution >= 0.6 is 0 Å². The van der Waals surface area contributed by atoms with Gasteiger partial charge in [0.25, 0.3) is 0 Å². The van der Waals surface area contributed by atoms with Crippen molar-refractivity contribution in [3.63, 3.8) is 0 Å². The van der Waals surface area contributed by atoms with E-state index in [0.717, 1.165) is 18.5 Å². The van der Waals surface area contributed by atoms with Gasteiger partial charge in [-0.1, -0.05) is 13.8 Å². The molecule has 0 aliphatic rings. The molecule has 0 spiro atoms. The Hall–Kier alpha value is -1.32. The smallest absolute Gasteiger partial charge is 0.306 e. The molecule has 0 amide bonds. The molecule has 0 radical (unpaired) electrons. The Kier molecular flexibility index (Phi) is 3.68. The van der Waals surface area contributed by atoms with E-state index < -0.39 is 5.97 Å². The average molecular weight is 196 g/mol. The number of aryl methyl sites for hydroxylation is 1. The molecule has 1 aromatic rings. The van der Waals surface area contributed by atoms with Gasteiger partial charge in [0.05, 0.1) is 12.1 Å². The van der Waals surface area contributed by atoms with Gasteiger partial charge < -0.3 is 5.11 Å². The molecule has 14 heavy (non-hydrogen) atoms. The third kappa shape index (κ3) is 2.87. The van der Waals surface area contributed by atoms with Gasteiger partial charge in [0.2, 0.25) is 0 Å². The minimum absolute atomic E-state index is 0.339. The van der Waals surface area contributed by atoms with Crippen LogP contribution in [0.3, 0.4) is 0 Å². The van der Waals surface area contributed by atoms with Crippen molar-refractivity contribution in [3.8, 4) is 0 Å². The van der Waals surface area contributed by atoms with Gasteiger partial charge in [-0.3, -0.25) is 9.48 Å². The standard InChI is InChI=1S/C10H16N2O2/c1-3-4-12-7-9(6-11-12)5-8(2)10(13)14/h6-8H,3-5H2,1-2H3,(H,13,14). The monoisotopic (exact) mass is 196 g/mol. The molecule has 1 heterocycles. The number of carboxylic acids is 1. The van der Waals surface area contributed by atoms with Crippen LogP contribution in [0.5, 0.6) is 0 Å². The molecule has 0 bridgehead atoms. The summed E-state index contributed by atoms with van der Waals surface area (Å²) in [5, 5.41) is 12.9. The first-order valence-corrected chi connectivity index (χ1v) is 4.87. The van der Waals surface area contributed by atoms with Crippen LogP contribution in [0.15, 0.2) is 12.4 Å². The topological polar surface area (TPSA) is 55.1 Å². The van der Waals surface area contributed by atoms with Crippen molar-refractivity contribution in [2.24, 2.45) is 5.92 Å². The molecular formula is C10H16N2O2. The van der Waals surface area contributed by atoms with E-state index in [9.17, 15) is 4.79 Å². The second-order valence-electron chi connectivity index (χ2n) is 3.56. The zero-order chi connectivity index (χ0) is 10.6. The average Bonchev–Trinajstić information content (AvgIpc) is 2.53. The van der Waals surface area contributed by atoms with E-state index in [1.165, 1.54) is 0 Å². The van der Waals surface area contributed by atoms with Crippen molar-refractivity contribution in [3.05, 3.63) is 18.0 Å². The molecule has 0 aromatic carbocycles. The molecule has 1 atom stereocenters. The van der Waals surface area contributed by atoms with Gasteiger partial charge in [-0.15, -0.1) is 0 Å². The van der Waals surface area contributed by atoms with E-state index in [1.807, 2.05) is 10.9 Å². The summed E-state index contributed by atoms with van der Waals surface area (Å²) in [7, 11) is 0. The first-order chi connectivity index (χ1) is 6.63. The van der Waals surface area contributed by atoms with Crippen LogP contribution in [0.2, 0.25) is 0 Å². The molecule has 1 N–H and O–H groups in total. The highest BCUT2D eigenvalue weighted by molar-refractivity contribution is 5.69. The van der Waals surface area contributed by atoms with Gasteiger partial charge in [0, 0.05) is 12.7 Å². The number of nitrogens with zero attached hydrogens (tertiary/aromatic N) is 2. The predicted molar refractivity (Wildman–Crippen MR) is 53.0 cm³/mol. The molecule has 0 aliphatic carbocycles. The lowest BCUT2D eigenvalue weighted by Gasteiger charge is -2.02. The van der Waals surface area contributed by atoms with E-state index in [2.05, 4.69) is 12.0 Å². The summed E-state index contributed by atoms with van der Waals surface area (Å²) in [6.45, 7) is 4.68. The Balaban J connectivity index is 2.55. The Morgan fingerprint density at radius 1 is 1.71 bits per heavy atom. The Bertz CT molecular complexity index is 307. The fourth-order valence-electron chi connectivity index (χ4n) is 1.30. The predicted octanol–water partition coefficient (Wildman–Crippen LogP) is 1.56. The van der Waals surface area contributed by atoms with E-state index in [-0.39, 0.29) is 5.92 Å². The quantitative estimate of drug-likeness (QED) is 0.777. The first kappa shape index (κ1) is 10.8. The Labute approximate surface area is 83.5 Å². The molecule has 0 aliphatic heterocycles. The molecule has 0 saturated heterocycles. The van der Waals surface area contributed by atoms with Crippen LogP contribution in [0.4, 0.5) is 0 Å². The lowest BCUT2D eigenvalue weighted by molar-refractivity contribution is -0.141. The van der Waals surface area contributed by atoms with E-state index in [4.69, 9.17) is 5.11 Å². The van der Waals surface area contributed by atoms with Crippen LogP contribution in [0.1, 0.15) is 25.8 Å². The van der Waals surface area contributed by atoms with Crippen molar-refractivity contribution in [2.75, 3.05) is 0 Å². The highest BCUT2D eigenvalue weighted by Gasteiger charge is 2.12. The number of hydrogen-bond acceptors (Lipinski definition) is 2. The van der Waals surface area contributed by atoms with Gasteiger partial charge in [0.1, 0.15) is 0 Å². The van der Waals surface area contributed by atoms with Crippen LogP contribution in [0.25, 0.3) is 0 Å². The third-order valence-electron chi connectivity index (χ3n) is 2.10. The van der Waals surface area contributed by atoms with Crippen LogP contribution in [-0.4, -0.2) is 20.9 Å². The molecule has 78 valence electrons. The number of aliphatic carboxylic acids is 1. The number of hydrogen-bond donors (Lipinski definition) is 1. The minimum atomic E-state index is -0.756. The molecule has 0 fully saturated rings. The maximum atomic E-state index is 10.6. The second kappa shape index (κ2) is 4.79. The van der Waals surface area contributed by atoms with Gasteiger partial charge in [-0.2, -0.15) is 5.10 Å². The number of rotatable bonds is 5. The lowest BCUT2D eigenvalue weighted by atomic mass is 10.0. The fraction of sp³-hybridized carbons (Fsp3) is 0.600. The summed E-state index contributed by atoms with van der Waals surface area (Å²) in [5.74, 6) is -1.09. The highest BCUT2D eigenvalue weighted by atomic mass is 16.4. The van der Waals surface area contributed by atoms with Crippen LogP contribution in [0, 0.1) is 5.92 Å². The van der Waals surface area contributed by atoms with Gasteiger partial charge >= 0.3 is 5.97 Å². The molecule has 4 nitrogen and oxygen atoms in total. The number of carboxylic acid groups (broad SMARTS) is 1. The summed E-state index contributed by atoms with van der Waals surface area (Å²) in [6, 6.07) is 0. The Morgan fingerprint density at radius 2 is 2.43 bits per heavy atom. The molecular weight excluding hydrogens is 180 g/mol. The molecule has 4 heteroatoms. The maximum Gasteiger partial charge on any atom is 0.306 e. The molecule has 1 unspecified atom stereocenters. The van der Waals surface area contributed by atoms with Crippen LogP contribution in [-0.2, 0) is 17.8 Å². The highest BCUT2D eigenvalue weighted by Crippen LogP contribution is 2.07. The summed E-state index contributed by atoms with van der Waals surface area (Å²) in [6.07, 6.45) is 5.26. The molecule has 1 aromatic heterocycles. The van der Waals surface area contributed by atoms with Crippen molar-refractivity contribution >= 4 is 5.97 Å². The summed E-state index contributed by atoms with van der Waals surface area (Å²) < 4.78 is 1.85. The zero-order valence-corrected chi connectivity index (χ0v) is 8.60. The Morgan fingerprint density at radius 3 is 3.00 bits per heavy atom. The van der Waals surface area contributed by atoms with E-state index >= 15 is 0 Å².